The van der Waals surface area contributed by atoms with Crippen LogP contribution in [0.4, 0.5) is 43.9 Å². The Morgan fingerprint density at radius 2 is 0.862 bits per heavy atom. The van der Waals surface area contributed by atoms with Gasteiger partial charge in [-0.3, -0.25) is 0 Å². The van der Waals surface area contributed by atoms with E-state index in [2.05, 4.69) is 0 Å². The third kappa shape index (κ3) is 2.34. The molecule has 0 amide bonds. The van der Waals surface area contributed by atoms with Crippen molar-refractivity contribution in [3.63, 3.8) is 0 Å². The summed E-state index contributed by atoms with van der Waals surface area (Å²) < 4.78 is 141. The number of rotatable bonds is 1. The molecule has 10 heteroatoms. The number of fused-ring (bicyclic) bond motifs is 3. The lowest BCUT2D eigenvalue weighted by Crippen LogP contribution is -2.11. The van der Waals surface area contributed by atoms with Gasteiger partial charge in [-0.05, 0) is 6.07 Å². The Morgan fingerprint density at radius 1 is 0.448 bits per heavy atom. The Morgan fingerprint density at radius 3 is 1.31 bits per heavy atom. The summed E-state index contributed by atoms with van der Waals surface area (Å²) in [7, 11) is 0. The molecule has 0 saturated heterocycles. The summed E-state index contributed by atoms with van der Waals surface area (Å²) in [5, 5.41) is 0. The molecule has 0 nitrogen and oxygen atoms in total. The van der Waals surface area contributed by atoms with Gasteiger partial charge in [-0.1, -0.05) is 12.1 Å². The highest BCUT2D eigenvalue weighted by Gasteiger charge is 2.45. The first-order valence-corrected chi connectivity index (χ1v) is 7.75. The SMILES string of the molecule is Fc1cccc(C2c3c(F)c(F)c(F)c(F)c3-c3c(F)c(F)c(F)c(F)c32)c1F. The van der Waals surface area contributed by atoms with Gasteiger partial charge in [0.1, 0.15) is 0 Å². The Bertz CT molecular complexity index is 1150. The zero-order valence-electron chi connectivity index (χ0n) is 13.6. The van der Waals surface area contributed by atoms with Crippen LogP contribution in [0.1, 0.15) is 22.6 Å². The Labute approximate surface area is 155 Å². The Kier molecular flexibility index (Phi) is 4.14. The second kappa shape index (κ2) is 6.23. The van der Waals surface area contributed by atoms with Gasteiger partial charge in [0.2, 0.25) is 0 Å². The minimum Gasteiger partial charge on any atom is -0.204 e. The van der Waals surface area contributed by atoms with Crippen LogP contribution in [0.25, 0.3) is 11.1 Å². The van der Waals surface area contributed by atoms with Crippen molar-refractivity contribution in [3.8, 4) is 11.1 Å². The molecule has 0 bridgehead atoms. The fraction of sp³-hybridized carbons (Fsp3) is 0.0526. The zero-order valence-corrected chi connectivity index (χ0v) is 13.6. The first-order chi connectivity index (χ1) is 13.6. The van der Waals surface area contributed by atoms with Gasteiger partial charge in [-0.2, -0.15) is 0 Å². The molecule has 4 rings (SSSR count). The highest BCUT2D eigenvalue weighted by atomic mass is 19.2. The topological polar surface area (TPSA) is 0 Å². The van der Waals surface area contributed by atoms with Crippen molar-refractivity contribution in [2.45, 2.75) is 5.92 Å². The van der Waals surface area contributed by atoms with Gasteiger partial charge < -0.3 is 0 Å². The van der Waals surface area contributed by atoms with E-state index < -0.39 is 91.9 Å². The lowest BCUT2D eigenvalue weighted by Gasteiger charge is -2.17. The average Bonchev–Trinajstić information content (AvgIpc) is 3.05. The third-order valence-electron chi connectivity index (χ3n) is 4.73. The fourth-order valence-corrected chi connectivity index (χ4v) is 3.53. The summed E-state index contributed by atoms with van der Waals surface area (Å²) in [4.78, 5) is 0. The van der Waals surface area contributed by atoms with Gasteiger partial charge in [0, 0.05) is 33.7 Å². The second-order valence-electron chi connectivity index (χ2n) is 6.17. The highest BCUT2D eigenvalue weighted by Crippen LogP contribution is 2.54. The van der Waals surface area contributed by atoms with Crippen LogP contribution < -0.4 is 0 Å². The monoisotopic (exact) mass is 422 g/mol. The molecule has 150 valence electrons. The molecule has 0 aliphatic heterocycles. The molecule has 29 heavy (non-hydrogen) atoms. The molecule has 3 aromatic rings. The van der Waals surface area contributed by atoms with E-state index in [4.69, 9.17) is 0 Å². The molecule has 0 fully saturated rings. The van der Waals surface area contributed by atoms with E-state index in [0.29, 0.717) is 6.07 Å². The molecule has 0 unspecified atom stereocenters. The number of halogens is 10. The van der Waals surface area contributed by atoms with E-state index in [-0.39, 0.29) is 0 Å². The third-order valence-corrected chi connectivity index (χ3v) is 4.73. The van der Waals surface area contributed by atoms with E-state index in [1.165, 1.54) is 0 Å². The van der Waals surface area contributed by atoms with Crippen LogP contribution >= 0.6 is 0 Å². The van der Waals surface area contributed by atoms with Crippen LogP contribution in [0.5, 0.6) is 0 Å². The smallest absolute Gasteiger partial charge is 0.198 e. The first-order valence-electron chi connectivity index (χ1n) is 7.75. The van der Waals surface area contributed by atoms with E-state index in [1.807, 2.05) is 0 Å². The van der Waals surface area contributed by atoms with Crippen LogP contribution in [-0.4, -0.2) is 0 Å². The summed E-state index contributed by atoms with van der Waals surface area (Å²) in [6.07, 6.45) is 0. The first kappa shape index (κ1) is 19.3. The van der Waals surface area contributed by atoms with E-state index in [9.17, 15) is 43.9 Å². The quantitative estimate of drug-likeness (QED) is 0.194. The maximum atomic E-state index is 14.5. The van der Waals surface area contributed by atoms with Gasteiger partial charge in [-0.15, -0.1) is 0 Å². The van der Waals surface area contributed by atoms with Crippen molar-refractivity contribution in [1.29, 1.82) is 0 Å². The maximum absolute atomic E-state index is 14.5. The minimum absolute atomic E-state index is 0.597. The molecule has 0 atom stereocenters. The van der Waals surface area contributed by atoms with Gasteiger partial charge in [0.15, 0.2) is 58.2 Å². The number of hydrogen-bond acceptors (Lipinski definition) is 0. The maximum Gasteiger partial charge on any atom is 0.198 e. The summed E-state index contributed by atoms with van der Waals surface area (Å²) in [5.74, 6) is -24.1. The molecule has 3 aromatic carbocycles. The summed E-state index contributed by atoms with van der Waals surface area (Å²) >= 11 is 0. The van der Waals surface area contributed by atoms with E-state index >= 15 is 0 Å². The van der Waals surface area contributed by atoms with Crippen LogP contribution in [-0.2, 0) is 0 Å². The molecule has 0 N–H and O–H groups in total. The highest BCUT2D eigenvalue weighted by molar-refractivity contribution is 5.82. The molecule has 1 aliphatic carbocycles. The molecular formula is C19H4F10. The van der Waals surface area contributed by atoms with Crippen LogP contribution in [0.3, 0.4) is 0 Å². The standard InChI is InChI=1S/C19H4F10/c20-5-3-1-2-4(11(5)21)6-7-9(14(24)18(28)16(26)12(7)22)10-8(6)13(23)17(27)19(29)15(10)25/h1-3,6H. The van der Waals surface area contributed by atoms with Crippen molar-refractivity contribution < 1.29 is 43.9 Å². The average molecular weight is 422 g/mol. The Hall–Kier alpha value is -3.04. The van der Waals surface area contributed by atoms with Crippen molar-refractivity contribution >= 4 is 0 Å². The fourth-order valence-electron chi connectivity index (χ4n) is 3.53. The molecular weight excluding hydrogens is 418 g/mol. The normalized spacial score (nSPS) is 13.0. The van der Waals surface area contributed by atoms with E-state index in [0.717, 1.165) is 12.1 Å². The van der Waals surface area contributed by atoms with Crippen molar-refractivity contribution in [1.82, 2.24) is 0 Å². The lowest BCUT2D eigenvalue weighted by atomic mass is 9.88. The largest absolute Gasteiger partial charge is 0.204 e. The Balaban J connectivity index is 2.26. The predicted octanol–water partition coefficient (Wildman–Crippen LogP) is 6.24. The molecule has 0 radical (unpaired) electrons. The molecule has 1 aliphatic rings. The van der Waals surface area contributed by atoms with Crippen LogP contribution in [0, 0.1) is 58.2 Å². The van der Waals surface area contributed by atoms with Crippen molar-refractivity contribution in [3.05, 3.63) is 93.1 Å². The van der Waals surface area contributed by atoms with E-state index in [1.54, 1.807) is 0 Å². The van der Waals surface area contributed by atoms with Gasteiger partial charge >= 0.3 is 0 Å². The van der Waals surface area contributed by atoms with Gasteiger partial charge in [-0.25, -0.2) is 43.9 Å². The second-order valence-corrected chi connectivity index (χ2v) is 6.17. The summed E-state index contributed by atoms with van der Waals surface area (Å²) in [6.45, 7) is 0. The molecule has 0 saturated carbocycles. The minimum atomic E-state index is -2.43. The van der Waals surface area contributed by atoms with Crippen molar-refractivity contribution in [2.75, 3.05) is 0 Å². The van der Waals surface area contributed by atoms with Crippen LogP contribution in [0.2, 0.25) is 0 Å². The number of hydrogen-bond donors (Lipinski definition) is 0. The summed E-state index contributed by atoms with van der Waals surface area (Å²) in [6, 6.07) is 2.19. The summed E-state index contributed by atoms with van der Waals surface area (Å²) in [5.41, 5.74) is -6.54. The predicted molar refractivity (Wildman–Crippen MR) is 78.8 cm³/mol. The number of benzene rings is 3. The molecule has 0 spiro atoms. The molecule has 0 heterocycles. The van der Waals surface area contributed by atoms with Gasteiger partial charge in [0.05, 0.1) is 0 Å². The van der Waals surface area contributed by atoms with Gasteiger partial charge in [0.25, 0.3) is 0 Å². The van der Waals surface area contributed by atoms with Crippen LogP contribution in [0.15, 0.2) is 18.2 Å². The van der Waals surface area contributed by atoms with Crippen molar-refractivity contribution in [2.24, 2.45) is 0 Å². The lowest BCUT2D eigenvalue weighted by molar-refractivity contribution is 0.405. The zero-order chi connectivity index (χ0) is 21.4. The molecule has 0 aromatic heterocycles.